The first-order valence-electron chi connectivity index (χ1n) is 7.46. The van der Waals surface area contributed by atoms with E-state index in [0.717, 1.165) is 23.7 Å². The molecule has 1 atom stereocenters. The van der Waals surface area contributed by atoms with Crippen LogP contribution in [0.5, 0.6) is 11.5 Å². The summed E-state index contributed by atoms with van der Waals surface area (Å²) in [5.74, 6) is 1.68. The summed E-state index contributed by atoms with van der Waals surface area (Å²) >= 11 is 0. The van der Waals surface area contributed by atoms with Crippen LogP contribution < -0.4 is 10.1 Å². The lowest BCUT2D eigenvalue weighted by atomic mass is 10.1. The lowest BCUT2D eigenvalue weighted by molar-refractivity contribution is 0.473. The third-order valence-corrected chi connectivity index (χ3v) is 3.71. The van der Waals surface area contributed by atoms with Crippen molar-refractivity contribution < 1.29 is 4.74 Å². The van der Waals surface area contributed by atoms with Gasteiger partial charge in [-0.05, 0) is 69.1 Å². The van der Waals surface area contributed by atoms with Crippen LogP contribution in [-0.4, -0.2) is 11.5 Å². The first-order valence-corrected chi connectivity index (χ1v) is 7.46. The molecule has 0 aliphatic rings. The average Bonchev–Trinajstić information content (AvgIpc) is 2.45. The largest absolute Gasteiger partial charge is 0.455 e. The number of hydrogen-bond acceptors (Lipinski definition) is 3. The lowest BCUT2D eigenvalue weighted by Gasteiger charge is -2.14. The molecule has 0 aliphatic carbocycles. The van der Waals surface area contributed by atoms with Gasteiger partial charge in [-0.1, -0.05) is 13.0 Å². The minimum Gasteiger partial charge on any atom is -0.455 e. The van der Waals surface area contributed by atoms with Gasteiger partial charge in [-0.3, -0.25) is 4.98 Å². The van der Waals surface area contributed by atoms with Crippen molar-refractivity contribution in [2.24, 2.45) is 0 Å². The summed E-state index contributed by atoms with van der Waals surface area (Å²) < 4.78 is 5.98. The van der Waals surface area contributed by atoms with E-state index < -0.39 is 0 Å². The molecule has 0 saturated heterocycles. The van der Waals surface area contributed by atoms with Crippen molar-refractivity contribution in [3.05, 3.63) is 52.8 Å². The van der Waals surface area contributed by atoms with Crippen LogP contribution in [0.2, 0.25) is 0 Å². The molecule has 21 heavy (non-hydrogen) atoms. The van der Waals surface area contributed by atoms with Gasteiger partial charge in [0.15, 0.2) is 0 Å². The fraction of sp³-hybridized carbons (Fsp3) is 0.389. The van der Waals surface area contributed by atoms with Gasteiger partial charge in [0, 0.05) is 6.04 Å². The molecular formula is C18H24N2O. The predicted octanol–water partition coefficient (Wildman–Crippen LogP) is 4.47. The van der Waals surface area contributed by atoms with Crippen molar-refractivity contribution in [1.82, 2.24) is 10.3 Å². The van der Waals surface area contributed by atoms with Gasteiger partial charge in [0.25, 0.3) is 0 Å². The molecule has 0 aliphatic heterocycles. The summed E-state index contributed by atoms with van der Waals surface area (Å²) in [6.45, 7) is 11.4. The van der Waals surface area contributed by atoms with Crippen molar-refractivity contribution >= 4 is 0 Å². The standard InChI is InChI=1S/C18H24N2O/c1-6-19-15(5)17-8-7-16(11-20-17)21-18-10-12(2)9-13(3)14(18)4/h7-11,15,19H,6H2,1-5H3. The quantitative estimate of drug-likeness (QED) is 0.879. The maximum absolute atomic E-state index is 5.98. The molecular weight excluding hydrogens is 260 g/mol. The third-order valence-electron chi connectivity index (χ3n) is 3.71. The third kappa shape index (κ3) is 3.82. The van der Waals surface area contributed by atoms with Gasteiger partial charge in [-0.15, -0.1) is 0 Å². The monoisotopic (exact) mass is 284 g/mol. The van der Waals surface area contributed by atoms with Gasteiger partial charge in [0.05, 0.1) is 11.9 Å². The van der Waals surface area contributed by atoms with Crippen LogP contribution in [0.4, 0.5) is 0 Å². The van der Waals surface area contributed by atoms with Crippen molar-refractivity contribution in [3.63, 3.8) is 0 Å². The Hall–Kier alpha value is -1.87. The number of rotatable bonds is 5. The van der Waals surface area contributed by atoms with E-state index in [1.54, 1.807) is 6.20 Å². The van der Waals surface area contributed by atoms with E-state index in [0.29, 0.717) is 0 Å². The molecule has 0 fully saturated rings. The molecule has 0 spiro atoms. The first kappa shape index (κ1) is 15.5. The van der Waals surface area contributed by atoms with Gasteiger partial charge in [0.1, 0.15) is 11.5 Å². The molecule has 3 nitrogen and oxygen atoms in total. The van der Waals surface area contributed by atoms with E-state index >= 15 is 0 Å². The summed E-state index contributed by atoms with van der Waals surface area (Å²) in [5, 5.41) is 3.35. The van der Waals surface area contributed by atoms with Crippen molar-refractivity contribution in [1.29, 1.82) is 0 Å². The van der Waals surface area contributed by atoms with E-state index in [4.69, 9.17) is 4.74 Å². The minimum absolute atomic E-state index is 0.256. The smallest absolute Gasteiger partial charge is 0.145 e. The fourth-order valence-electron chi connectivity index (χ4n) is 2.35. The zero-order valence-corrected chi connectivity index (χ0v) is 13.5. The highest BCUT2D eigenvalue weighted by Gasteiger charge is 2.08. The first-order chi connectivity index (χ1) is 10.0. The maximum atomic E-state index is 5.98. The van der Waals surface area contributed by atoms with Gasteiger partial charge < -0.3 is 10.1 Å². The molecule has 1 N–H and O–H groups in total. The topological polar surface area (TPSA) is 34.1 Å². The predicted molar refractivity (Wildman–Crippen MR) is 87.1 cm³/mol. The van der Waals surface area contributed by atoms with E-state index in [-0.39, 0.29) is 6.04 Å². The number of benzene rings is 1. The molecule has 112 valence electrons. The van der Waals surface area contributed by atoms with Gasteiger partial charge >= 0.3 is 0 Å². The second kappa shape index (κ2) is 6.72. The maximum Gasteiger partial charge on any atom is 0.145 e. The Morgan fingerprint density at radius 2 is 1.95 bits per heavy atom. The number of pyridine rings is 1. The summed E-state index contributed by atoms with van der Waals surface area (Å²) in [4.78, 5) is 4.48. The highest BCUT2D eigenvalue weighted by molar-refractivity contribution is 5.44. The van der Waals surface area contributed by atoms with E-state index in [1.165, 1.54) is 16.7 Å². The highest BCUT2D eigenvalue weighted by atomic mass is 16.5. The summed E-state index contributed by atoms with van der Waals surface area (Å²) in [6.07, 6.45) is 1.79. The van der Waals surface area contributed by atoms with Crippen LogP contribution in [0.3, 0.4) is 0 Å². The molecule has 1 heterocycles. The second-order valence-electron chi connectivity index (χ2n) is 5.51. The Kier molecular flexibility index (Phi) is 4.97. The van der Waals surface area contributed by atoms with Crippen LogP contribution in [0.1, 0.15) is 42.3 Å². The molecule has 0 saturated carbocycles. The average molecular weight is 284 g/mol. The van der Waals surface area contributed by atoms with E-state index in [9.17, 15) is 0 Å². The minimum atomic E-state index is 0.256. The Labute approximate surface area is 127 Å². The lowest BCUT2D eigenvalue weighted by Crippen LogP contribution is -2.18. The van der Waals surface area contributed by atoms with Crippen molar-refractivity contribution in [2.75, 3.05) is 6.54 Å². The SMILES string of the molecule is CCNC(C)c1ccc(Oc2cc(C)cc(C)c2C)cn1. The number of hydrogen-bond donors (Lipinski definition) is 1. The van der Waals surface area contributed by atoms with Crippen molar-refractivity contribution in [3.8, 4) is 11.5 Å². The Morgan fingerprint density at radius 1 is 1.19 bits per heavy atom. The number of nitrogens with one attached hydrogen (secondary N) is 1. The zero-order chi connectivity index (χ0) is 15.4. The zero-order valence-electron chi connectivity index (χ0n) is 13.5. The molecule has 0 amide bonds. The molecule has 2 aromatic rings. The molecule has 0 bridgehead atoms. The summed E-state index contributed by atoms with van der Waals surface area (Å²) in [6, 6.07) is 8.49. The molecule has 1 unspecified atom stereocenters. The molecule has 3 heteroatoms. The molecule has 2 rings (SSSR count). The summed E-state index contributed by atoms with van der Waals surface area (Å²) in [7, 11) is 0. The molecule has 1 aromatic heterocycles. The Morgan fingerprint density at radius 3 is 2.57 bits per heavy atom. The Balaban J connectivity index is 2.17. The molecule has 0 radical (unpaired) electrons. The van der Waals surface area contributed by atoms with Crippen molar-refractivity contribution in [2.45, 2.75) is 40.7 Å². The normalized spacial score (nSPS) is 12.2. The number of ether oxygens (including phenoxy) is 1. The van der Waals surface area contributed by atoms with E-state index in [1.807, 2.05) is 12.1 Å². The molecule has 1 aromatic carbocycles. The van der Waals surface area contributed by atoms with Gasteiger partial charge in [-0.25, -0.2) is 0 Å². The Bertz CT molecular complexity index is 605. The van der Waals surface area contributed by atoms with Crippen LogP contribution in [0.15, 0.2) is 30.5 Å². The number of aromatic nitrogens is 1. The van der Waals surface area contributed by atoms with Crippen LogP contribution in [0, 0.1) is 20.8 Å². The van der Waals surface area contributed by atoms with E-state index in [2.05, 4.69) is 57.1 Å². The number of nitrogens with zero attached hydrogens (tertiary/aromatic N) is 1. The number of aryl methyl sites for hydroxylation is 2. The fourth-order valence-corrected chi connectivity index (χ4v) is 2.35. The van der Waals surface area contributed by atoms with Crippen LogP contribution in [-0.2, 0) is 0 Å². The summed E-state index contributed by atoms with van der Waals surface area (Å²) in [5.41, 5.74) is 4.65. The van der Waals surface area contributed by atoms with Crippen LogP contribution in [0.25, 0.3) is 0 Å². The highest BCUT2D eigenvalue weighted by Crippen LogP contribution is 2.28. The van der Waals surface area contributed by atoms with Gasteiger partial charge in [0.2, 0.25) is 0 Å². The second-order valence-corrected chi connectivity index (χ2v) is 5.51. The van der Waals surface area contributed by atoms with Crippen LogP contribution >= 0.6 is 0 Å². The van der Waals surface area contributed by atoms with Gasteiger partial charge in [-0.2, -0.15) is 0 Å².